The molecule has 1 amide bonds. The van der Waals surface area contributed by atoms with E-state index in [-0.39, 0.29) is 6.10 Å². The maximum atomic E-state index is 9.42. The van der Waals surface area contributed by atoms with Crippen molar-refractivity contribution in [1.29, 1.82) is 5.26 Å². The summed E-state index contributed by atoms with van der Waals surface area (Å²) in [4.78, 5) is 9.37. The van der Waals surface area contributed by atoms with Crippen molar-refractivity contribution in [3.63, 3.8) is 0 Å². The second-order valence-electron chi connectivity index (χ2n) is 7.14. The van der Waals surface area contributed by atoms with Gasteiger partial charge in [0.2, 0.25) is 0 Å². The molecule has 0 atom stereocenters. The van der Waals surface area contributed by atoms with E-state index >= 15 is 0 Å². The Morgan fingerprint density at radius 3 is 2.52 bits per heavy atom. The number of nitrogens with two attached hydrogens (primary N) is 2. The zero-order valence-corrected chi connectivity index (χ0v) is 20.9. The summed E-state index contributed by atoms with van der Waals surface area (Å²) in [5.74, 6) is 7.06. The third-order valence-corrected chi connectivity index (χ3v) is 5.71. The fourth-order valence-corrected chi connectivity index (χ4v) is 4.21. The Morgan fingerprint density at radius 1 is 1.24 bits per heavy atom. The first-order chi connectivity index (χ1) is 15.9. The molecule has 0 radical (unpaired) electrons. The first-order valence-electron chi connectivity index (χ1n) is 10.9. The molecule has 7 nitrogen and oxygen atoms in total. The summed E-state index contributed by atoms with van der Waals surface area (Å²) >= 11 is 1.61. The smallest absolute Gasteiger partial charge is 0.404 e. The van der Waals surface area contributed by atoms with E-state index in [1.165, 1.54) is 36.6 Å². The van der Waals surface area contributed by atoms with E-state index in [2.05, 4.69) is 39.8 Å². The summed E-state index contributed by atoms with van der Waals surface area (Å²) in [6.45, 7) is 7.88. The van der Waals surface area contributed by atoms with Gasteiger partial charge in [-0.1, -0.05) is 43.8 Å². The number of hydrogen-bond acceptors (Lipinski definition) is 7. The van der Waals surface area contributed by atoms with E-state index in [1.807, 2.05) is 39.8 Å². The molecule has 1 aliphatic carbocycles. The van der Waals surface area contributed by atoms with E-state index in [4.69, 9.17) is 10.6 Å². The molecule has 1 aliphatic rings. The Hall–Kier alpha value is -3.18. The molecule has 0 aromatic heterocycles. The number of aryl methyl sites for hydroxylation is 1. The molecule has 3 rings (SSSR count). The van der Waals surface area contributed by atoms with Crippen LogP contribution in [0.15, 0.2) is 41.5 Å². The van der Waals surface area contributed by atoms with Crippen LogP contribution in [0.1, 0.15) is 61.9 Å². The highest BCUT2D eigenvalue weighted by Gasteiger charge is 2.16. The zero-order chi connectivity index (χ0) is 24.8. The molecule has 178 valence electrons. The van der Waals surface area contributed by atoms with E-state index in [0.29, 0.717) is 11.3 Å². The van der Waals surface area contributed by atoms with Gasteiger partial charge >= 0.3 is 6.09 Å². The number of benzene rings is 2. The van der Waals surface area contributed by atoms with Gasteiger partial charge in [-0.25, -0.2) is 4.79 Å². The van der Waals surface area contributed by atoms with Crippen molar-refractivity contribution in [2.24, 2.45) is 16.7 Å². The minimum absolute atomic E-state index is 0.0187. The van der Waals surface area contributed by atoms with Gasteiger partial charge in [0.1, 0.15) is 16.9 Å². The van der Waals surface area contributed by atoms with E-state index in [9.17, 15) is 10.1 Å². The molecule has 0 spiro atoms. The molecule has 0 unspecified atom stereocenters. The van der Waals surface area contributed by atoms with Gasteiger partial charge in [-0.2, -0.15) is 10.4 Å². The second-order valence-corrected chi connectivity index (χ2v) is 8.11. The van der Waals surface area contributed by atoms with Gasteiger partial charge in [0.05, 0.1) is 18.8 Å². The largest absolute Gasteiger partial charge is 0.490 e. The van der Waals surface area contributed by atoms with Crippen LogP contribution < -0.4 is 16.3 Å². The lowest BCUT2D eigenvalue weighted by Gasteiger charge is -2.13. The quantitative estimate of drug-likeness (QED) is 0.270. The van der Waals surface area contributed by atoms with Crippen LogP contribution in [-0.4, -0.2) is 24.4 Å². The average Bonchev–Trinajstić information content (AvgIpc) is 3.31. The first-order valence-corrected chi connectivity index (χ1v) is 11.9. The highest BCUT2D eigenvalue weighted by atomic mass is 32.2. The van der Waals surface area contributed by atoms with Gasteiger partial charge < -0.3 is 21.1 Å². The molecule has 0 saturated carbocycles. The van der Waals surface area contributed by atoms with Crippen LogP contribution in [-0.2, 0) is 23.3 Å². The second kappa shape index (κ2) is 14.8. The van der Waals surface area contributed by atoms with Crippen molar-refractivity contribution in [3.05, 3.63) is 64.2 Å². The molecule has 0 saturated heterocycles. The Balaban J connectivity index is 0.000000689. The fourth-order valence-electron chi connectivity index (χ4n) is 3.28. The summed E-state index contributed by atoms with van der Waals surface area (Å²) in [5, 5.41) is 14.1. The summed E-state index contributed by atoms with van der Waals surface area (Å²) < 4.78 is 9.57. The topological polar surface area (TPSA) is 124 Å². The number of nitrogens with zero attached hydrogens (tertiary/aromatic N) is 2. The van der Waals surface area contributed by atoms with Gasteiger partial charge in [0.15, 0.2) is 0 Å². The molecule has 0 heterocycles. The number of hydrazone groups is 1. The first kappa shape index (κ1) is 27.9. The van der Waals surface area contributed by atoms with Crippen LogP contribution in [0.2, 0.25) is 0 Å². The monoisotopic (exact) mass is 470 g/mol. The molecular weight excluding hydrogens is 436 g/mol. The van der Waals surface area contributed by atoms with Crippen molar-refractivity contribution in [2.75, 3.05) is 7.11 Å². The maximum Gasteiger partial charge on any atom is 0.404 e. The SMILES string of the molecule is CC.CC(C)Oc1ccc(/C(=N/N)SCc2cccc3c2CCC3)cc1C#N.COC(N)=O. The summed E-state index contributed by atoms with van der Waals surface area (Å²) in [6.07, 6.45) is 2.84. The Morgan fingerprint density at radius 2 is 1.94 bits per heavy atom. The molecule has 2 aromatic rings. The molecule has 8 heteroatoms. The molecular formula is C25H34N4O3S. The third kappa shape index (κ3) is 8.70. The number of thioether (sulfide) groups is 1. The van der Waals surface area contributed by atoms with Crippen LogP contribution in [0, 0.1) is 11.3 Å². The minimum Gasteiger partial charge on any atom is -0.490 e. The van der Waals surface area contributed by atoms with Crippen LogP contribution in [0.25, 0.3) is 0 Å². The minimum atomic E-state index is -0.745. The summed E-state index contributed by atoms with van der Waals surface area (Å²) in [5.41, 5.74) is 10.1. The number of ether oxygens (including phenoxy) is 2. The lowest BCUT2D eigenvalue weighted by Crippen LogP contribution is -2.08. The van der Waals surface area contributed by atoms with Gasteiger partial charge in [-0.15, -0.1) is 0 Å². The lowest BCUT2D eigenvalue weighted by atomic mass is 10.1. The van der Waals surface area contributed by atoms with Crippen molar-refractivity contribution < 1.29 is 14.3 Å². The molecule has 0 fully saturated rings. The van der Waals surface area contributed by atoms with Crippen LogP contribution >= 0.6 is 11.8 Å². The number of carbonyl (C=O) groups is 1. The third-order valence-electron chi connectivity index (χ3n) is 4.64. The Labute approximate surface area is 201 Å². The number of methoxy groups -OCH3 is 1. The predicted molar refractivity (Wildman–Crippen MR) is 135 cm³/mol. The van der Waals surface area contributed by atoms with Crippen LogP contribution in [0.5, 0.6) is 5.75 Å². The number of primary amides is 1. The van der Waals surface area contributed by atoms with E-state index < -0.39 is 6.09 Å². The highest BCUT2D eigenvalue weighted by Crippen LogP contribution is 2.30. The van der Waals surface area contributed by atoms with Gasteiger partial charge in [0.25, 0.3) is 0 Å². The van der Waals surface area contributed by atoms with Crippen molar-refractivity contribution in [1.82, 2.24) is 0 Å². The number of nitriles is 1. The van der Waals surface area contributed by atoms with Crippen molar-refractivity contribution >= 4 is 22.9 Å². The van der Waals surface area contributed by atoms with Gasteiger partial charge in [0, 0.05) is 11.3 Å². The van der Waals surface area contributed by atoms with Crippen LogP contribution in [0.4, 0.5) is 4.79 Å². The Bertz CT molecular complexity index is 984. The maximum absolute atomic E-state index is 9.42. The predicted octanol–water partition coefficient (Wildman–Crippen LogP) is 5.13. The van der Waals surface area contributed by atoms with E-state index in [0.717, 1.165) is 22.8 Å². The molecule has 33 heavy (non-hydrogen) atoms. The molecule has 4 N–H and O–H groups in total. The number of hydrogen-bond donors (Lipinski definition) is 2. The van der Waals surface area contributed by atoms with Crippen LogP contribution in [0.3, 0.4) is 0 Å². The van der Waals surface area contributed by atoms with Crippen molar-refractivity contribution in [3.8, 4) is 11.8 Å². The highest BCUT2D eigenvalue weighted by molar-refractivity contribution is 8.13. The number of carbonyl (C=O) groups excluding carboxylic acids is 1. The standard InChI is InChI=1S/C21H23N3OS.C2H5NO2.C2H6/c1-14(2)25-20-10-9-16(11-18(20)12-22)21(24-23)26-13-17-7-3-5-15-6-4-8-19(15)17;1-5-2(3)4;1-2/h3,5,7,9-11,14H,4,6,8,13,23H2,1-2H3;1H3,(H2,3,4);1-2H3/b24-21-;;. The molecule has 0 aliphatic heterocycles. The average molecular weight is 471 g/mol. The normalized spacial score (nSPS) is 11.8. The number of amides is 1. The fraction of sp³-hybridized carbons (Fsp3) is 0.400. The number of rotatable bonds is 5. The summed E-state index contributed by atoms with van der Waals surface area (Å²) in [6, 6.07) is 14.3. The van der Waals surface area contributed by atoms with Gasteiger partial charge in [-0.3, -0.25) is 0 Å². The Kier molecular flexibility index (Phi) is 12.5. The van der Waals surface area contributed by atoms with Crippen molar-refractivity contribution in [2.45, 2.75) is 58.8 Å². The lowest BCUT2D eigenvalue weighted by molar-refractivity contribution is 0.182. The molecule has 2 aromatic carbocycles. The zero-order valence-electron chi connectivity index (χ0n) is 20.1. The molecule has 0 bridgehead atoms. The van der Waals surface area contributed by atoms with Gasteiger partial charge in [-0.05, 0) is 68.0 Å². The van der Waals surface area contributed by atoms with E-state index in [1.54, 1.807) is 17.8 Å². The summed E-state index contributed by atoms with van der Waals surface area (Å²) in [7, 11) is 1.22. The number of fused-ring (bicyclic) bond motifs is 1.